The Morgan fingerprint density at radius 2 is 1.79 bits per heavy atom. The number of carbonyl (C=O) groups is 2. The summed E-state index contributed by atoms with van der Waals surface area (Å²) in [6.07, 6.45) is -2.57. The molecule has 6 nitrogen and oxygen atoms in total. The van der Waals surface area contributed by atoms with E-state index in [1.54, 1.807) is 4.90 Å². The van der Waals surface area contributed by atoms with Crippen molar-refractivity contribution in [2.75, 3.05) is 26.3 Å². The van der Waals surface area contributed by atoms with E-state index in [2.05, 4.69) is 19.2 Å². The molecule has 0 aromatic carbocycles. The monoisotopic (exact) mass is 491 g/mol. The second-order valence-electron chi connectivity index (χ2n) is 11.1. The third kappa shape index (κ3) is 4.81. The lowest BCUT2D eigenvalue weighted by Crippen LogP contribution is -2.55. The number of hydrogen-bond acceptors (Lipinski definition) is 4. The first-order valence-corrected chi connectivity index (χ1v) is 12.6. The topological polar surface area (TPSA) is 61.9 Å². The van der Waals surface area contributed by atoms with Crippen LogP contribution in [0.1, 0.15) is 59.3 Å². The zero-order valence-electron chi connectivity index (χ0n) is 20.2. The fourth-order valence-corrected chi connectivity index (χ4v) is 6.38. The van der Waals surface area contributed by atoms with Gasteiger partial charge in [0.15, 0.2) is 0 Å². The zero-order valence-corrected chi connectivity index (χ0v) is 20.2. The van der Waals surface area contributed by atoms with Gasteiger partial charge in [-0.1, -0.05) is 20.8 Å². The Labute approximate surface area is 198 Å². The number of hydrogen-bond donors (Lipinski definition) is 1. The summed E-state index contributed by atoms with van der Waals surface area (Å²) < 4.78 is 58.1. The molecule has 2 bridgehead atoms. The molecule has 0 aromatic rings. The molecule has 2 amide bonds. The zero-order chi connectivity index (χ0) is 24.8. The number of piperazine rings is 1. The van der Waals surface area contributed by atoms with Crippen LogP contribution in [0.2, 0.25) is 0 Å². The summed E-state index contributed by atoms with van der Waals surface area (Å²) in [5.74, 6) is -1.97. The highest BCUT2D eigenvalue weighted by Gasteiger charge is 2.55. The van der Waals surface area contributed by atoms with Crippen molar-refractivity contribution in [3.05, 3.63) is 0 Å². The molecule has 3 heterocycles. The molecule has 4 rings (SSSR count). The minimum Gasteiger partial charge on any atom is -0.378 e. The standard InChI is InChI=1S/C24H37F4N3O3/c1-14(2)23(6-4-16(10-23)29-20-5-7-34-13-19(20)25)22(33)31-12-17-9-18(31)11-30(17)21(32)8-15(3)24(26,27)28/h14-20,29H,4-13H2,1-3H3/t15?,16-,17+,18+,19?,20?,23+/m1/s1. The van der Waals surface area contributed by atoms with Gasteiger partial charge in [0.05, 0.1) is 30.0 Å². The van der Waals surface area contributed by atoms with Crippen LogP contribution >= 0.6 is 0 Å². The number of nitrogens with one attached hydrogen (secondary N) is 1. The van der Waals surface area contributed by atoms with E-state index in [4.69, 9.17) is 4.74 Å². The summed E-state index contributed by atoms with van der Waals surface area (Å²) in [4.78, 5) is 29.8. The van der Waals surface area contributed by atoms with Crippen molar-refractivity contribution in [3.63, 3.8) is 0 Å². The lowest BCUT2D eigenvalue weighted by atomic mass is 9.74. The van der Waals surface area contributed by atoms with Crippen LogP contribution in [0.4, 0.5) is 17.6 Å². The van der Waals surface area contributed by atoms with E-state index < -0.39 is 36.0 Å². The highest BCUT2D eigenvalue weighted by molar-refractivity contribution is 5.85. The van der Waals surface area contributed by atoms with Crippen LogP contribution in [0.25, 0.3) is 0 Å². The highest BCUT2D eigenvalue weighted by atomic mass is 19.4. The van der Waals surface area contributed by atoms with Gasteiger partial charge < -0.3 is 19.9 Å². The number of alkyl halides is 4. The molecule has 3 unspecified atom stereocenters. The normalized spacial score (nSPS) is 37.0. The van der Waals surface area contributed by atoms with Gasteiger partial charge in [-0.15, -0.1) is 0 Å². The van der Waals surface area contributed by atoms with E-state index in [0.717, 1.165) is 19.8 Å². The first-order valence-electron chi connectivity index (χ1n) is 12.6. The van der Waals surface area contributed by atoms with E-state index in [1.807, 2.05) is 4.90 Å². The molecule has 34 heavy (non-hydrogen) atoms. The summed E-state index contributed by atoms with van der Waals surface area (Å²) in [6, 6.07) is -0.542. The molecule has 4 fully saturated rings. The number of likely N-dealkylation sites (tertiary alicyclic amines) is 2. The first-order chi connectivity index (χ1) is 15.9. The Kier molecular flexibility index (Phi) is 7.22. The number of rotatable bonds is 6. The maximum atomic E-state index is 14.2. The Morgan fingerprint density at radius 1 is 1.12 bits per heavy atom. The Bertz CT molecular complexity index is 779. The van der Waals surface area contributed by atoms with Crippen LogP contribution in [0, 0.1) is 17.3 Å². The van der Waals surface area contributed by atoms with Gasteiger partial charge >= 0.3 is 6.18 Å². The molecule has 1 saturated carbocycles. The molecular formula is C24H37F4N3O3. The summed E-state index contributed by atoms with van der Waals surface area (Å²) in [6.45, 7) is 6.46. The Hall–Kier alpha value is -1.42. The third-order valence-corrected chi connectivity index (χ3v) is 8.68. The second kappa shape index (κ2) is 9.56. The molecule has 7 atom stereocenters. The van der Waals surface area contributed by atoms with Crippen LogP contribution in [0.15, 0.2) is 0 Å². The summed E-state index contributed by atoms with van der Waals surface area (Å²) in [7, 11) is 0. The van der Waals surface area contributed by atoms with Gasteiger partial charge in [0.25, 0.3) is 0 Å². The quantitative estimate of drug-likeness (QED) is 0.580. The number of carbonyl (C=O) groups excluding carboxylic acids is 2. The van der Waals surface area contributed by atoms with E-state index in [1.165, 1.54) is 0 Å². The highest BCUT2D eigenvalue weighted by Crippen LogP contribution is 2.48. The average molecular weight is 492 g/mol. The van der Waals surface area contributed by atoms with Gasteiger partial charge in [-0.05, 0) is 38.0 Å². The molecule has 1 aliphatic carbocycles. The molecule has 4 aliphatic rings. The van der Waals surface area contributed by atoms with E-state index in [0.29, 0.717) is 39.0 Å². The predicted molar refractivity (Wildman–Crippen MR) is 118 cm³/mol. The minimum atomic E-state index is -4.39. The van der Waals surface area contributed by atoms with Gasteiger partial charge in [-0.3, -0.25) is 9.59 Å². The lowest BCUT2D eigenvalue weighted by Gasteiger charge is -2.42. The second-order valence-corrected chi connectivity index (χ2v) is 11.1. The average Bonchev–Trinajstić information content (AvgIpc) is 3.48. The molecule has 3 saturated heterocycles. The van der Waals surface area contributed by atoms with Crippen molar-refractivity contribution in [1.29, 1.82) is 0 Å². The van der Waals surface area contributed by atoms with E-state index in [9.17, 15) is 27.2 Å². The van der Waals surface area contributed by atoms with Gasteiger partial charge in [0, 0.05) is 38.2 Å². The number of nitrogens with zero attached hydrogens (tertiary/aromatic N) is 2. The van der Waals surface area contributed by atoms with Gasteiger partial charge in [-0.2, -0.15) is 13.2 Å². The number of ether oxygens (including phenoxy) is 1. The molecular weight excluding hydrogens is 454 g/mol. The molecule has 0 spiro atoms. The van der Waals surface area contributed by atoms with Crippen molar-refractivity contribution in [2.45, 2.75) is 95.8 Å². The molecule has 194 valence electrons. The van der Waals surface area contributed by atoms with E-state index >= 15 is 0 Å². The summed E-state index contributed by atoms with van der Waals surface area (Å²) in [5.41, 5.74) is -0.543. The summed E-state index contributed by atoms with van der Waals surface area (Å²) >= 11 is 0. The van der Waals surface area contributed by atoms with E-state index in [-0.39, 0.29) is 42.6 Å². The maximum Gasteiger partial charge on any atom is 0.392 e. The van der Waals surface area contributed by atoms with Crippen molar-refractivity contribution < 1.29 is 31.9 Å². The first kappa shape index (κ1) is 25.7. The third-order valence-electron chi connectivity index (χ3n) is 8.68. The molecule has 1 N–H and O–H groups in total. The molecule has 10 heteroatoms. The Morgan fingerprint density at radius 3 is 2.38 bits per heavy atom. The number of halogens is 4. The Balaban J connectivity index is 1.37. The van der Waals surface area contributed by atoms with Crippen LogP contribution in [0.5, 0.6) is 0 Å². The molecule has 3 aliphatic heterocycles. The molecule has 0 aromatic heterocycles. The predicted octanol–water partition coefficient (Wildman–Crippen LogP) is 3.30. The fourth-order valence-electron chi connectivity index (χ4n) is 6.38. The fraction of sp³-hybridized carbons (Fsp3) is 0.917. The van der Waals surface area contributed by atoms with Crippen molar-refractivity contribution in [2.24, 2.45) is 17.3 Å². The lowest BCUT2D eigenvalue weighted by molar-refractivity contribution is -0.177. The number of fused-ring (bicyclic) bond motifs is 2. The van der Waals surface area contributed by atoms with Crippen LogP contribution in [-0.2, 0) is 14.3 Å². The van der Waals surface area contributed by atoms with Crippen molar-refractivity contribution in [1.82, 2.24) is 15.1 Å². The largest absolute Gasteiger partial charge is 0.392 e. The van der Waals surface area contributed by atoms with Crippen LogP contribution in [-0.4, -0.2) is 84.4 Å². The smallest absolute Gasteiger partial charge is 0.378 e. The van der Waals surface area contributed by atoms with Gasteiger partial charge in [-0.25, -0.2) is 4.39 Å². The van der Waals surface area contributed by atoms with Crippen molar-refractivity contribution >= 4 is 11.8 Å². The minimum absolute atomic E-state index is 0.0643. The number of amides is 2. The van der Waals surface area contributed by atoms with Gasteiger partial charge in [0.2, 0.25) is 11.8 Å². The van der Waals surface area contributed by atoms with Gasteiger partial charge in [0.1, 0.15) is 6.17 Å². The van der Waals surface area contributed by atoms with Crippen molar-refractivity contribution in [3.8, 4) is 0 Å². The summed E-state index contributed by atoms with van der Waals surface area (Å²) in [5, 5.41) is 3.44. The SMILES string of the molecule is CC(CC(=O)N1C[C@@H]2C[C@H]1CN2C(=O)[C@@]1(C(C)C)CC[C@@H](NC2CCOCC2F)C1)C(F)(F)F. The molecule has 0 radical (unpaired) electrons. The van der Waals surface area contributed by atoms with Crippen LogP contribution < -0.4 is 5.32 Å². The van der Waals surface area contributed by atoms with Crippen LogP contribution in [0.3, 0.4) is 0 Å². The maximum absolute atomic E-state index is 14.2.